The number of benzene rings is 1. The van der Waals surface area contributed by atoms with E-state index in [0.717, 1.165) is 0 Å². The summed E-state index contributed by atoms with van der Waals surface area (Å²) in [6.07, 6.45) is 4.07. The molecule has 1 rings (SSSR count). The Kier molecular flexibility index (Phi) is 3.95. The van der Waals surface area contributed by atoms with E-state index < -0.39 is 8.46 Å². The van der Waals surface area contributed by atoms with Crippen LogP contribution in [0.1, 0.15) is 15.9 Å². The van der Waals surface area contributed by atoms with Crippen LogP contribution in [0.5, 0.6) is 0 Å². The lowest BCUT2D eigenvalue weighted by Gasteiger charge is -2.20. The van der Waals surface area contributed by atoms with Gasteiger partial charge in [-0.25, -0.2) is 0 Å². The second-order valence-corrected chi connectivity index (χ2v) is 12.0. The minimum absolute atomic E-state index is 0.122. The topological polar surface area (TPSA) is 40.9 Å². The summed E-state index contributed by atoms with van der Waals surface area (Å²) in [5.41, 5.74) is 1.26. The van der Waals surface area contributed by atoms with Crippen LogP contribution in [-0.2, 0) is 0 Å². The summed E-state index contributed by atoms with van der Waals surface area (Å²) in [5.74, 6) is 0.648. The van der Waals surface area contributed by atoms with Crippen molar-refractivity contribution in [3.63, 3.8) is 0 Å². The van der Waals surface area contributed by atoms with Gasteiger partial charge in [0.25, 0.3) is 0 Å². The Morgan fingerprint density at radius 2 is 1.93 bits per heavy atom. The van der Waals surface area contributed by atoms with Crippen molar-refractivity contribution < 1.29 is 4.79 Å². The van der Waals surface area contributed by atoms with E-state index in [-0.39, 0.29) is 5.78 Å². The van der Waals surface area contributed by atoms with E-state index in [0.29, 0.717) is 16.9 Å². The van der Waals surface area contributed by atoms with Crippen molar-refractivity contribution >= 4 is 29.1 Å². The second kappa shape index (κ2) is 4.82. The van der Waals surface area contributed by atoms with Crippen molar-refractivity contribution in [1.29, 1.82) is 5.26 Å². The van der Waals surface area contributed by atoms with Crippen LogP contribution in [0.2, 0.25) is 0 Å². The molecule has 1 aromatic rings. The lowest BCUT2D eigenvalue weighted by Crippen LogP contribution is -2.08. The smallest absolute Gasteiger partial charge is 0.171 e. The number of Topliss-reactive ketones (excluding diaryl/α,β-unsaturated/α-hetero) is 1. The molecule has 0 unspecified atom stereocenters. The summed E-state index contributed by atoms with van der Waals surface area (Å²) in [7, 11) is -0.989. The van der Waals surface area contributed by atoms with E-state index in [2.05, 4.69) is 14.8 Å². The van der Waals surface area contributed by atoms with E-state index in [4.69, 9.17) is 5.26 Å². The molecule has 0 spiro atoms. The molecule has 15 heavy (non-hydrogen) atoms. The van der Waals surface area contributed by atoms with Crippen molar-refractivity contribution in [2.45, 2.75) is 0 Å². The molecule has 0 atom stereocenters. The number of rotatable bonds is 3. The van der Waals surface area contributed by atoms with Gasteiger partial charge in [0.2, 0.25) is 0 Å². The van der Waals surface area contributed by atoms with Crippen LogP contribution in [-0.4, -0.2) is 24.0 Å². The van der Waals surface area contributed by atoms with Crippen LogP contribution in [0.15, 0.2) is 24.3 Å². The van der Waals surface area contributed by atoms with Crippen molar-refractivity contribution in [1.82, 2.24) is 0 Å². The van der Waals surface area contributed by atoms with Crippen molar-refractivity contribution in [2.24, 2.45) is 0 Å². The Morgan fingerprint density at radius 1 is 1.40 bits per heavy atom. The summed E-state index contributed by atoms with van der Waals surface area (Å²) in [4.78, 5) is 11.8. The Hall–Kier alpha value is -0.790. The number of hydrogen-bond donors (Lipinski definition) is 0. The zero-order chi connectivity index (χ0) is 11.5. The highest BCUT2D eigenvalue weighted by atomic mass is 79.9. The normalized spacial score (nSPS) is 11.9. The van der Waals surface area contributed by atoms with Crippen molar-refractivity contribution in [3.05, 3.63) is 35.4 Å². The molecule has 0 aliphatic rings. The third kappa shape index (κ3) is 4.06. The van der Waals surface area contributed by atoms with Gasteiger partial charge in [0.1, 0.15) is 0 Å². The fourth-order valence-corrected chi connectivity index (χ4v) is 2.54. The molecule has 0 amide bonds. The first kappa shape index (κ1) is 12.3. The fourth-order valence-electron chi connectivity index (χ4n) is 1.13. The first-order valence-corrected chi connectivity index (χ1v) is 8.82. The largest absolute Gasteiger partial charge is 0.293 e. The van der Waals surface area contributed by atoms with E-state index >= 15 is 0 Å². The number of carbonyl (C=O) groups is 1. The summed E-state index contributed by atoms with van der Waals surface area (Å²) in [5, 5.41) is 8.62. The molecular weight excluding hydrogens is 274 g/mol. The predicted molar refractivity (Wildman–Crippen MR) is 68.7 cm³/mol. The highest BCUT2D eigenvalue weighted by Crippen LogP contribution is 2.48. The Labute approximate surface area is 98.8 Å². The number of ketones is 1. The van der Waals surface area contributed by atoms with Crippen LogP contribution >= 0.6 is 23.3 Å². The molecule has 0 heterocycles. The highest BCUT2D eigenvalue weighted by Gasteiger charge is 2.14. The maximum atomic E-state index is 11.8. The SMILES string of the molecule is CS(C)(Br)CC(=O)c1ccc(C#N)cc1. The second-order valence-electron chi connectivity index (χ2n) is 3.66. The van der Waals surface area contributed by atoms with Gasteiger partial charge in [0, 0.05) is 11.3 Å². The Balaban J connectivity index is 2.80. The van der Waals surface area contributed by atoms with Gasteiger partial charge < -0.3 is 0 Å². The molecule has 0 radical (unpaired) electrons. The summed E-state index contributed by atoms with van der Waals surface area (Å²) >= 11 is 3.51. The zero-order valence-corrected chi connectivity index (χ0v) is 11.1. The maximum absolute atomic E-state index is 11.8. The predicted octanol–water partition coefficient (Wildman–Crippen LogP) is 3.12. The van der Waals surface area contributed by atoms with Crippen LogP contribution in [0.3, 0.4) is 0 Å². The fraction of sp³-hybridized carbons (Fsp3) is 0.273. The molecule has 0 saturated heterocycles. The molecule has 0 saturated carbocycles. The Morgan fingerprint density at radius 3 is 2.33 bits per heavy atom. The monoisotopic (exact) mass is 285 g/mol. The zero-order valence-electron chi connectivity index (χ0n) is 8.66. The highest BCUT2D eigenvalue weighted by molar-refractivity contribution is 9.58. The number of carbonyl (C=O) groups excluding carboxylic acids is 1. The number of hydrogen-bond acceptors (Lipinski definition) is 2. The van der Waals surface area contributed by atoms with Crippen LogP contribution in [0.25, 0.3) is 0 Å². The standard InChI is InChI=1S/C11H12BrNOS/c1-15(2,12)8-11(14)10-5-3-9(7-13)4-6-10/h3-6H,8H2,1-2H3. The summed E-state index contributed by atoms with van der Waals surface area (Å²) in [6, 6.07) is 8.78. The average molecular weight is 286 g/mol. The van der Waals surface area contributed by atoms with Crippen LogP contribution in [0, 0.1) is 11.3 Å². The molecule has 0 aliphatic heterocycles. The lowest BCUT2D eigenvalue weighted by molar-refractivity contribution is 0.102. The summed E-state index contributed by atoms with van der Waals surface area (Å²) in [6.45, 7) is 0. The number of nitriles is 1. The molecule has 0 N–H and O–H groups in total. The molecular formula is C11H12BrNOS. The molecule has 2 nitrogen and oxygen atoms in total. The van der Waals surface area contributed by atoms with E-state index in [1.807, 2.05) is 18.6 Å². The third-order valence-corrected chi connectivity index (χ3v) is 3.45. The molecule has 0 aromatic heterocycles. The van der Waals surface area contributed by atoms with Gasteiger partial charge in [-0.3, -0.25) is 4.79 Å². The number of halogens is 1. The van der Waals surface area contributed by atoms with Gasteiger partial charge in [0.05, 0.1) is 11.6 Å². The van der Waals surface area contributed by atoms with E-state index in [1.165, 1.54) is 0 Å². The van der Waals surface area contributed by atoms with Crippen LogP contribution < -0.4 is 0 Å². The van der Waals surface area contributed by atoms with Gasteiger partial charge >= 0.3 is 0 Å². The quantitative estimate of drug-likeness (QED) is 0.801. The molecule has 1 aromatic carbocycles. The first-order chi connectivity index (χ1) is 6.92. The molecule has 4 heteroatoms. The van der Waals surface area contributed by atoms with Crippen LogP contribution in [0.4, 0.5) is 0 Å². The van der Waals surface area contributed by atoms with E-state index in [9.17, 15) is 4.79 Å². The number of nitrogens with zero attached hydrogens (tertiary/aromatic N) is 1. The van der Waals surface area contributed by atoms with Gasteiger partial charge in [-0.2, -0.15) is 13.7 Å². The molecule has 0 fully saturated rings. The lowest BCUT2D eigenvalue weighted by atomic mass is 10.1. The van der Waals surface area contributed by atoms with Gasteiger partial charge in [-0.15, -0.1) is 0 Å². The van der Waals surface area contributed by atoms with Gasteiger partial charge in [-0.05, 0) is 39.5 Å². The summed E-state index contributed by atoms with van der Waals surface area (Å²) < 4.78 is 0. The minimum Gasteiger partial charge on any atom is -0.293 e. The van der Waals surface area contributed by atoms with Crippen molar-refractivity contribution in [3.8, 4) is 6.07 Å². The van der Waals surface area contributed by atoms with E-state index in [1.54, 1.807) is 24.3 Å². The minimum atomic E-state index is -0.989. The first-order valence-electron chi connectivity index (χ1n) is 4.36. The maximum Gasteiger partial charge on any atom is 0.171 e. The van der Waals surface area contributed by atoms with Gasteiger partial charge in [-0.1, -0.05) is 12.1 Å². The third-order valence-electron chi connectivity index (χ3n) is 1.81. The Bertz CT molecular complexity index is 400. The molecule has 0 bridgehead atoms. The molecule has 0 aliphatic carbocycles. The van der Waals surface area contributed by atoms with Gasteiger partial charge in [0.15, 0.2) is 5.78 Å². The van der Waals surface area contributed by atoms with Crippen molar-refractivity contribution in [2.75, 3.05) is 18.3 Å². The average Bonchev–Trinajstić information content (AvgIpc) is 2.15. The molecule has 80 valence electrons.